The maximum atomic E-state index is 13.0. The smallest absolute Gasteiger partial charge is 0.412 e. The molecular formula is C28H31N3O4. The van der Waals surface area contributed by atoms with Gasteiger partial charge in [-0.05, 0) is 74.1 Å². The molecule has 35 heavy (non-hydrogen) atoms. The van der Waals surface area contributed by atoms with E-state index in [-0.39, 0.29) is 5.91 Å². The van der Waals surface area contributed by atoms with E-state index in [0.29, 0.717) is 24.2 Å². The van der Waals surface area contributed by atoms with Gasteiger partial charge in [0, 0.05) is 36.4 Å². The van der Waals surface area contributed by atoms with Crippen molar-refractivity contribution in [3.63, 3.8) is 0 Å². The fraction of sp³-hybridized carbons (Fsp3) is 0.286. The third kappa shape index (κ3) is 6.00. The second kappa shape index (κ2) is 11.1. The van der Waals surface area contributed by atoms with Crippen LogP contribution in [0.3, 0.4) is 0 Å². The first kappa shape index (κ1) is 24.3. The van der Waals surface area contributed by atoms with Gasteiger partial charge in [0.2, 0.25) is 0 Å². The maximum absolute atomic E-state index is 13.0. The van der Waals surface area contributed by atoms with Gasteiger partial charge in [-0.15, -0.1) is 0 Å². The average Bonchev–Trinajstić information content (AvgIpc) is 3.31. The van der Waals surface area contributed by atoms with Crippen molar-refractivity contribution in [1.29, 1.82) is 0 Å². The topological polar surface area (TPSA) is 71.1 Å². The second-order valence-corrected chi connectivity index (χ2v) is 8.80. The number of nitrogens with zero attached hydrogens (tertiary/aromatic N) is 2. The van der Waals surface area contributed by atoms with Gasteiger partial charge >= 0.3 is 6.09 Å². The minimum atomic E-state index is -0.544. The van der Waals surface area contributed by atoms with Gasteiger partial charge < -0.3 is 19.3 Å². The van der Waals surface area contributed by atoms with Gasteiger partial charge in [-0.3, -0.25) is 10.1 Å². The van der Waals surface area contributed by atoms with Gasteiger partial charge in [0.05, 0.1) is 7.11 Å². The van der Waals surface area contributed by atoms with Crippen LogP contribution in [-0.4, -0.2) is 51.2 Å². The highest BCUT2D eigenvalue weighted by Gasteiger charge is 2.25. The van der Waals surface area contributed by atoms with Crippen molar-refractivity contribution in [2.24, 2.45) is 0 Å². The molecular weight excluding hydrogens is 442 g/mol. The molecule has 0 saturated carbocycles. The van der Waals surface area contributed by atoms with E-state index < -0.39 is 12.2 Å². The summed E-state index contributed by atoms with van der Waals surface area (Å²) in [6, 6.07) is 22.4. The van der Waals surface area contributed by atoms with Crippen molar-refractivity contribution >= 4 is 23.4 Å². The fourth-order valence-electron chi connectivity index (χ4n) is 4.17. The lowest BCUT2D eigenvalue weighted by molar-refractivity contribution is 0.0987. The third-order valence-corrected chi connectivity index (χ3v) is 6.09. The number of para-hydroxylation sites is 1. The van der Waals surface area contributed by atoms with Crippen molar-refractivity contribution in [3.05, 3.63) is 89.5 Å². The van der Waals surface area contributed by atoms with Crippen LogP contribution in [0.25, 0.3) is 0 Å². The first-order valence-corrected chi connectivity index (χ1v) is 11.7. The quantitative estimate of drug-likeness (QED) is 0.491. The number of carbonyl (C=O) groups is 2. The van der Waals surface area contributed by atoms with Gasteiger partial charge in [-0.1, -0.05) is 30.3 Å². The Labute approximate surface area is 206 Å². The van der Waals surface area contributed by atoms with Crippen LogP contribution < -0.4 is 15.0 Å². The van der Waals surface area contributed by atoms with Crippen LogP contribution in [0.5, 0.6) is 5.75 Å². The molecule has 0 aliphatic carbocycles. The first-order valence-electron chi connectivity index (χ1n) is 11.7. The number of ether oxygens (including phenoxy) is 2. The molecule has 0 spiro atoms. The fourth-order valence-corrected chi connectivity index (χ4v) is 4.17. The maximum Gasteiger partial charge on any atom is 0.412 e. The molecule has 3 aromatic carbocycles. The highest BCUT2D eigenvalue weighted by atomic mass is 16.6. The number of rotatable bonds is 8. The summed E-state index contributed by atoms with van der Waals surface area (Å²) in [5.74, 6) is 0.698. The summed E-state index contributed by atoms with van der Waals surface area (Å²) in [5.41, 5.74) is 4.18. The molecule has 7 heteroatoms. The molecule has 0 radical (unpaired) electrons. The Morgan fingerprint density at radius 2 is 1.71 bits per heavy atom. The molecule has 1 aliphatic heterocycles. The number of anilines is 2. The van der Waals surface area contributed by atoms with Crippen molar-refractivity contribution in [2.45, 2.75) is 18.9 Å². The molecule has 1 aliphatic rings. The van der Waals surface area contributed by atoms with Gasteiger partial charge in [-0.2, -0.15) is 0 Å². The largest absolute Gasteiger partial charge is 0.497 e. The molecule has 7 nitrogen and oxygen atoms in total. The Hall–Kier alpha value is -3.84. The normalized spacial score (nSPS) is 13.3. The Bertz CT molecular complexity index is 1160. The second-order valence-electron chi connectivity index (χ2n) is 8.80. The van der Waals surface area contributed by atoms with Crippen molar-refractivity contribution in [3.8, 4) is 5.75 Å². The van der Waals surface area contributed by atoms with Crippen molar-refractivity contribution < 1.29 is 19.1 Å². The monoisotopic (exact) mass is 473 g/mol. The number of hydrogen-bond acceptors (Lipinski definition) is 5. The molecule has 1 N–H and O–H groups in total. The number of fused-ring (bicyclic) bond motifs is 1. The lowest BCUT2D eigenvalue weighted by atomic mass is 10.1. The molecule has 0 fully saturated rings. The molecule has 182 valence electrons. The number of hydrogen-bond donors (Lipinski definition) is 1. The van der Waals surface area contributed by atoms with E-state index >= 15 is 0 Å². The summed E-state index contributed by atoms with van der Waals surface area (Å²) in [4.78, 5) is 29.6. The molecule has 0 aromatic heterocycles. The number of amides is 2. The molecule has 1 atom stereocenters. The van der Waals surface area contributed by atoms with E-state index in [1.807, 2.05) is 61.5 Å². The standard InChI is InChI=1S/C28H31N3O4/c1-30(2)18-17-26(21-10-14-24(34-3)15-11-21)35-28(33)29-23-12-8-22(9-13-23)27(32)31-19-16-20-6-4-5-7-25(20)31/h4-15,26H,16-19H2,1-3H3,(H,29,33). The van der Waals surface area contributed by atoms with Crippen molar-refractivity contribution in [1.82, 2.24) is 4.90 Å². The zero-order chi connectivity index (χ0) is 24.8. The Morgan fingerprint density at radius 3 is 2.40 bits per heavy atom. The number of carbonyl (C=O) groups excluding carboxylic acids is 2. The molecule has 2 amide bonds. The lowest BCUT2D eigenvalue weighted by Gasteiger charge is -2.21. The number of nitrogens with one attached hydrogen (secondary N) is 1. The van der Waals surface area contributed by atoms with E-state index in [1.54, 1.807) is 36.3 Å². The van der Waals surface area contributed by atoms with Crippen LogP contribution in [-0.2, 0) is 11.2 Å². The Kier molecular flexibility index (Phi) is 7.67. The molecule has 0 bridgehead atoms. The van der Waals surface area contributed by atoms with Gasteiger partial charge in [0.25, 0.3) is 5.91 Å². The number of methoxy groups -OCH3 is 1. The van der Waals surface area contributed by atoms with E-state index in [9.17, 15) is 9.59 Å². The third-order valence-electron chi connectivity index (χ3n) is 6.09. The van der Waals surface area contributed by atoms with E-state index in [2.05, 4.69) is 11.4 Å². The summed E-state index contributed by atoms with van der Waals surface area (Å²) in [6.07, 6.45) is 0.560. The summed E-state index contributed by atoms with van der Waals surface area (Å²) < 4.78 is 11.0. The Balaban J connectivity index is 1.39. The predicted molar refractivity (Wildman–Crippen MR) is 137 cm³/mol. The summed E-state index contributed by atoms with van der Waals surface area (Å²) in [6.45, 7) is 1.44. The van der Waals surface area contributed by atoms with Gasteiger partial charge in [0.1, 0.15) is 11.9 Å². The van der Waals surface area contributed by atoms with Gasteiger partial charge in [-0.25, -0.2) is 4.79 Å². The highest BCUT2D eigenvalue weighted by molar-refractivity contribution is 6.07. The van der Waals surface area contributed by atoms with Crippen molar-refractivity contribution in [2.75, 3.05) is 44.5 Å². The van der Waals surface area contributed by atoms with Crippen LogP contribution in [0.1, 0.15) is 34.0 Å². The lowest BCUT2D eigenvalue weighted by Crippen LogP contribution is -2.28. The minimum absolute atomic E-state index is 0.0488. The summed E-state index contributed by atoms with van der Waals surface area (Å²) in [7, 11) is 5.58. The zero-order valence-electron chi connectivity index (χ0n) is 20.4. The first-order chi connectivity index (χ1) is 16.9. The summed E-state index contributed by atoms with van der Waals surface area (Å²) in [5, 5.41) is 2.78. The van der Waals surface area contributed by atoms with E-state index in [1.165, 1.54) is 5.56 Å². The van der Waals surface area contributed by atoms with Crippen LogP contribution in [0.2, 0.25) is 0 Å². The molecule has 1 heterocycles. The molecule has 1 unspecified atom stereocenters. The predicted octanol–water partition coefficient (Wildman–Crippen LogP) is 5.14. The SMILES string of the molecule is COc1ccc(C(CCN(C)C)OC(=O)Nc2ccc(C(=O)N3CCc4ccccc43)cc2)cc1. The van der Waals surface area contributed by atoms with E-state index in [4.69, 9.17) is 9.47 Å². The van der Waals surface area contributed by atoms with Gasteiger partial charge in [0.15, 0.2) is 0 Å². The molecule has 4 rings (SSSR count). The average molecular weight is 474 g/mol. The van der Waals surface area contributed by atoms with Crippen LogP contribution >= 0.6 is 0 Å². The van der Waals surface area contributed by atoms with Crippen LogP contribution in [0.4, 0.5) is 16.2 Å². The minimum Gasteiger partial charge on any atom is -0.497 e. The highest BCUT2D eigenvalue weighted by Crippen LogP contribution is 2.29. The van der Waals surface area contributed by atoms with E-state index in [0.717, 1.165) is 30.0 Å². The zero-order valence-corrected chi connectivity index (χ0v) is 20.4. The Morgan fingerprint density at radius 1 is 1.00 bits per heavy atom. The van der Waals surface area contributed by atoms with Crippen LogP contribution in [0, 0.1) is 0 Å². The molecule has 3 aromatic rings. The summed E-state index contributed by atoms with van der Waals surface area (Å²) >= 11 is 0. The number of benzene rings is 3. The van der Waals surface area contributed by atoms with Crippen LogP contribution in [0.15, 0.2) is 72.8 Å². The molecule has 0 saturated heterocycles.